The van der Waals surface area contributed by atoms with Gasteiger partial charge in [0.15, 0.2) is 0 Å². The molecule has 1 amide bonds. The summed E-state index contributed by atoms with van der Waals surface area (Å²) >= 11 is 0. The van der Waals surface area contributed by atoms with Crippen LogP contribution in [0, 0.1) is 6.92 Å². The largest absolute Gasteiger partial charge is 0.314 e. The lowest BCUT2D eigenvalue weighted by atomic mass is 9.91. The normalized spacial score (nSPS) is 27.0. The number of amides is 1. The third kappa shape index (κ3) is 1.26. The molecule has 1 fully saturated rings. The number of benzene rings is 2. The van der Waals surface area contributed by atoms with Crippen LogP contribution in [-0.4, -0.2) is 13.0 Å². The van der Waals surface area contributed by atoms with Crippen molar-refractivity contribution in [3.05, 3.63) is 65.2 Å². The Morgan fingerprint density at radius 1 is 1.10 bits per heavy atom. The molecule has 0 N–H and O–H groups in total. The van der Waals surface area contributed by atoms with Gasteiger partial charge in [0.25, 0.3) is 0 Å². The molecule has 20 heavy (non-hydrogen) atoms. The standard InChI is InChI=1S/C18H17NO/c1-12-7-3-4-8-13(12)15-11-18(15)14-9-5-6-10-16(14)19(2)17(18)20/h3-10,15H,11H2,1-2H3/t15-,18-/m1/s1. The number of carbonyl (C=O) groups is 1. The molecule has 2 atom stereocenters. The molecule has 0 aromatic heterocycles. The van der Waals surface area contributed by atoms with E-state index < -0.39 is 0 Å². The van der Waals surface area contributed by atoms with Crippen molar-refractivity contribution in [2.24, 2.45) is 0 Å². The van der Waals surface area contributed by atoms with Gasteiger partial charge >= 0.3 is 0 Å². The van der Waals surface area contributed by atoms with Crippen LogP contribution in [0.3, 0.4) is 0 Å². The van der Waals surface area contributed by atoms with Gasteiger partial charge in [-0.1, -0.05) is 42.5 Å². The maximum Gasteiger partial charge on any atom is 0.238 e. The molecule has 2 aromatic carbocycles. The lowest BCUT2D eigenvalue weighted by molar-refractivity contribution is -0.120. The van der Waals surface area contributed by atoms with Crippen molar-refractivity contribution >= 4 is 11.6 Å². The van der Waals surface area contributed by atoms with Crippen molar-refractivity contribution < 1.29 is 4.79 Å². The van der Waals surface area contributed by atoms with Gasteiger partial charge in [0.1, 0.15) is 0 Å². The number of carbonyl (C=O) groups excluding carboxylic acids is 1. The predicted molar refractivity (Wildman–Crippen MR) is 80.1 cm³/mol. The van der Waals surface area contributed by atoms with Gasteiger partial charge in [-0.25, -0.2) is 0 Å². The summed E-state index contributed by atoms with van der Waals surface area (Å²) in [5, 5.41) is 0. The first-order chi connectivity index (χ1) is 9.66. The van der Waals surface area contributed by atoms with Gasteiger partial charge < -0.3 is 4.90 Å². The minimum atomic E-state index is -0.294. The summed E-state index contributed by atoms with van der Waals surface area (Å²) in [7, 11) is 1.89. The van der Waals surface area contributed by atoms with Gasteiger partial charge in [0.05, 0.1) is 5.41 Å². The van der Waals surface area contributed by atoms with Gasteiger partial charge in [-0.15, -0.1) is 0 Å². The van der Waals surface area contributed by atoms with Crippen LogP contribution < -0.4 is 4.90 Å². The van der Waals surface area contributed by atoms with E-state index >= 15 is 0 Å². The molecule has 1 aliphatic carbocycles. The topological polar surface area (TPSA) is 20.3 Å². The maximum absolute atomic E-state index is 12.8. The van der Waals surface area contributed by atoms with Crippen LogP contribution >= 0.6 is 0 Å². The lowest BCUT2D eigenvalue weighted by Crippen LogP contribution is -2.29. The van der Waals surface area contributed by atoms with E-state index in [2.05, 4.69) is 43.3 Å². The third-order valence-electron chi connectivity index (χ3n) is 4.96. The summed E-state index contributed by atoms with van der Waals surface area (Å²) in [6, 6.07) is 16.7. The molecule has 0 radical (unpaired) electrons. The van der Waals surface area contributed by atoms with Crippen LogP contribution in [-0.2, 0) is 10.2 Å². The number of fused-ring (bicyclic) bond motifs is 2. The van der Waals surface area contributed by atoms with E-state index in [-0.39, 0.29) is 11.3 Å². The van der Waals surface area contributed by atoms with Crippen LogP contribution in [0.15, 0.2) is 48.5 Å². The van der Waals surface area contributed by atoms with E-state index in [1.807, 2.05) is 24.1 Å². The molecule has 100 valence electrons. The zero-order chi connectivity index (χ0) is 13.9. The highest BCUT2D eigenvalue weighted by molar-refractivity contribution is 6.11. The monoisotopic (exact) mass is 263 g/mol. The number of hydrogen-bond donors (Lipinski definition) is 0. The van der Waals surface area contributed by atoms with Gasteiger partial charge in [-0.05, 0) is 36.1 Å². The molecule has 0 unspecified atom stereocenters. The fourth-order valence-electron chi connectivity index (χ4n) is 3.82. The van der Waals surface area contributed by atoms with Crippen LogP contribution in [0.5, 0.6) is 0 Å². The van der Waals surface area contributed by atoms with Crippen LogP contribution in [0.1, 0.15) is 29.0 Å². The smallest absolute Gasteiger partial charge is 0.238 e. The zero-order valence-electron chi connectivity index (χ0n) is 11.8. The second-order valence-electron chi connectivity index (χ2n) is 5.97. The van der Waals surface area contributed by atoms with Crippen molar-refractivity contribution in [2.45, 2.75) is 24.7 Å². The van der Waals surface area contributed by atoms with Gasteiger partial charge in [0.2, 0.25) is 5.91 Å². The number of para-hydroxylation sites is 1. The summed E-state index contributed by atoms with van der Waals surface area (Å²) in [4.78, 5) is 14.6. The average molecular weight is 263 g/mol. The number of rotatable bonds is 1. The first-order valence-corrected chi connectivity index (χ1v) is 7.09. The summed E-state index contributed by atoms with van der Waals surface area (Å²) in [5.74, 6) is 0.592. The highest BCUT2D eigenvalue weighted by Crippen LogP contribution is 2.66. The van der Waals surface area contributed by atoms with Crippen LogP contribution in [0.4, 0.5) is 5.69 Å². The van der Waals surface area contributed by atoms with Crippen molar-refractivity contribution in [3.8, 4) is 0 Å². The molecule has 0 saturated heterocycles. The second kappa shape index (κ2) is 3.72. The average Bonchev–Trinajstić information content (AvgIpc) is 3.18. The Hall–Kier alpha value is -2.09. The lowest BCUT2D eigenvalue weighted by Gasteiger charge is -2.12. The maximum atomic E-state index is 12.8. The molecule has 1 heterocycles. The van der Waals surface area contributed by atoms with Gasteiger partial charge in [0, 0.05) is 18.7 Å². The Morgan fingerprint density at radius 3 is 2.60 bits per heavy atom. The summed E-state index contributed by atoms with van der Waals surface area (Å²) in [6.07, 6.45) is 0.942. The molecule has 2 nitrogen and oxygen atoms in total. The molecular formula is C18H17NO. The molecule has 2 aromatic rings. The molecule has 1 spiro atoms. The minimum Gasteiger partial charge on any atom is -0.314 e. The Morgan fingerprint density at radius 2 is 1.80 bits per heavy atom. The van der Waals surface area contributed by atoms with Gasteiger partial charge in [-0.2, -0.15) is 0 Å². The highest BCUT2D eigenvalue weighted by atomic mass is 16.2. The summed E-state index contributed by atoms with van der Waals surface area (Å²) < 4.78 is 0. The zero-order valence-corrected chi connectivity index (χ0v) is 11.8. The third-order valence-corrected chi connectivity index (χ3v) is 4.96. The Balaban J connectivity index is 1.85. The Bertz CT molecular complexity index is 721. The highest BCUT2D eigenvalue weighted by Gasteiger charge is 2.66. The predicted octanol–water partition coefficient (Wildman–Crippen LogP) is 3.40. The van der Waals surface area contributed by atoms with Crippen molar-refractivity contribution in [1.29, 1.82) is 0 Å². The van der Waals surface area contributed by atoms with Crippen LogP contribution in [0.25, 0.3) is 0 Å². The summed E-state index contributed by atoms with van der Waals surface area (Å²) in [5.41, 5.74) is 4.60. The number of hydrogen-bond acceptors (Lipinski definition) is 1. The van der Waals surface area contributed by atoms with Crippen molar-refractivity contribution in [3.63, 3.8) is 0 Å². The van der Waals surface area contributed by atoms with Crippen LogP contribution in [0.2, 0.25) is 0 Å². The van der Waals surface area contributed by atoms with E-state index in [0.29, 0.717) is 5.92 Å². The van der Waals surface area contributed by atoms with Crippen molar-refractivity contribution in [1.82, 2.24) is 0 Å². The number of nitrogens with zero attached hydrogens (tertiary/aromatic N) is 1. The molecule has 2 heteroatoms. The number of anilines is 1. The minimum absolute atomic E-state index is 0.256. The Labute approximate surface area is 119 Å². The first-order valence-electron chi connectivity index (χ1n) is 7.09. The molecule has 1 saturated carbocycles. The molecule has 0 bridgehead atoms. The second-order valence-corrected chi connectivity index (χ2v) is 5.97. The Kier molecular flexibility index (Phi) is 2.18. The fraction of sp³-hybridized carbons (Fsp3) is 0.278. The fourth-order valence-corrected chi connectivity index (χ4v) is 3.82. The van der Waals surface area contributed by atoms with E-state index in [9.17, 15) is 4.79 Å². The van der Waals surface area contributed by atoms with Crippen molar-refractivity contribution in [2.75, 3.05) is 11.9 Å². The number of aryl methyl sites for hydroxylation is 1. The SMILES string of the molecule is Cc1ccccc1[C@H]1C[C@]12C(=O)N(C)c1ccccc12. The van der Waals surface area contributed by atoms with E-state index in [1.165, 1.54) is 16.7 Å². The van der Waals surface area contributed by atoms with Gasteiger partial charge in [-0.3, -0.25) is 4.79 Å². The summed E-state index contributed by atoms with van der Waals surface area (Å²) in [6.45, 7) is 2.14. The molecule has 1 aliphatic heterocycles. The first kappa shape index (κ1) is 11.7. The molecular weight excluding hydrogens is 246 g/mol. The van der Waals surface area contributed by atoms with E-state index in [4.69, 9.17) is 0 Å². The number of likely N-dealkylation sites (N-methyl/N-ethyl adjacent to an activating group) is 1. The molecule has 2 aliphatic rings. The quantitative estimate of drug-likeness (QED) is 0.772. The van der Waals surface area contributed by atoms with E-state index in [0.717, 1.165) is 12.1 Å². The molecule has 4 rings (SSSR count). The van der Waals surface area contributed by atoms with E-state index in [1.54, 1.807) is 0 Å².